The highest BCUT2D eigenvalue weighted by molar-refractivity contribution is 6.31. The average Bonchev–Trinajstić information content (AvgIpc) is 3.26. The second kappa shape index (κ2) is 9.88. The van der Waals surface area contributed by atoms with Crippen LogP contribution in [0.15, 0.2) is 97.3 Å². The number of benzene rings is 3. The Morgan fingerprint density at radius 3 is 2.62 bits per heavy atom. The second-order valence-electron chi connectivity index (χ2n) is 8.79. The molecule has 0 atom stereocenters. The minimum Gasteiger partial charge on any atom is -0.489 e. The molecule has 6 aromatic rings. The molecule has 6 rings (SSSR count). The topological polar surface area (TPSA) is 52.8 Å². The lowest BCUT2D eigenvalue weighted by atomic mass is 10.1. The van der Waals surface area contributed by atoms with E-state index in [0.29, 0.717) is 11.6 Å². The van der Waals surface area contributed by atoms with Gasteiger partial charge in [-0.05, 0) is 78.7 Å². The molecule has 6 heteroatoms. The first-order valence-electron chi connectivity index (χ1n) is 12.0. The third-order valence-electron chi connectivity index (χ3n) is 6.20. The Bertz CT molecular complexity index is 1760. The number of nitrogens with zero attached hydrogens (tertiary/aromatic N) is 4. The maximum Gasteiger partial charge on any atom is 0.119 e. The summed E-state index contributed by atoms with van der Waals surface area (Å²) in [6.45, 7) is 2.48. The highest BCUT2D eigenvalue weighted by Gasteiger charge is 2.09. The first kappa shape index (κ1) is 23.0. The van der Waals surface area contributed by atoms with Crippen LogP contribution in [0, 0.1) is 6.92 Å². The minimum absolute atomic E-state index is 0.479. The van der Waals surface area contributed by atoms with Crippen LogP contribution in [0.5, 0.6) is 5.75 Å². The lowest BCUT2D eigenvalue weighted by molar-refractivity contribution is 0.306. The van der Waals surface area contributed by atoms with Gasteiger partial charge >= 0.3 is 0 Å². The van der Waals surface area contributed by atoms with Gasteiger partial charge in [0.05, 0.1) is 22.9 Å². The third kappa shape index (κ3) is 4.95. The van der Waals surface area contributed by atoms with Crippen LogP contribution >= 0.6 is 11.6 Å². The summed E-state index contributed by atoms with van der Waals surface area (Å²) in [5.41, 5.74) is 6.90. The Morgan fingerprint density at radius 2 is 1.73 bits per heavy atom. The van der Waals surface area contributed by atoms with Crippen molar-refractivity contribution in [3.63, 3.8) is 0 Å². The number of aryl methyl sites for hydroxylation is 1. The second-order valence-corrected chi connectivity index (χ2v) is 9.23. The summed E-state index contributed by atoms with van der Waals surface area (Å²) in [5.74, 6) is 1.73. The molecular weight excluding hydrogens is 480 g/mol. The van der Waals surface area contributed by atoms with Crippen molar-refractivity contribution in [3.8, 4) is 11.4 Å². The number of imidazole rings is 1. The van der Waals surface area contributed by atoms with E-state index in [-0.39, 0.29) is 0 Å². The molecule has 0 radical (unpaired) electrons. The van der Waals surface area contributed by atoms with E-state index in [4.69, 9.17) is 21.3 Å². The molecule has 5 nitrogen and oxygen atoms in total. The maximum atomic E-state index is 6.12. The average molecular weight is 503 g/mol. The van der Waals surface area contributed by atoms with Gasteiger partial charge in [0.15, 0.2) is 0 Å². The molecule has 0 N–H and O–H groups in total. The number of hydrogen-bond acceptors (Lipinski definition) is 4. The fraction of sp³-hybridized carbons (Fsp3) is 0.0645. The van der Waals surface area contributed by atoms with Gasteiger partial charge in [-0.2, -0.15) is 0 Å². The molecule has 37 heavy (non-hydrogen) atoms. The van der Waals surface area contributed by atoms with Crippen molar-refractivity contribution in [2.24, 2.45) is 0 Å². The van der Waals surface area contributed by atoms with E-state index in [9.17, 15) is 0 Å². The van der Waals surface area contributed by atoms with Crippen molar-refractivity contribution in [1.29, 1.82) is 0 Å². The lowest BCUT2D eigenvalue weighted by Gasteiger charge is -2.10. The van der Waals surface area contributed by atoms with Crippen LogP contribution in [0.1, 0.15) is 22.6 Å². The Labute approximate surface area is 219 Å². The SMILES string of the molecule is Cc1nc2cnccc2n1-c1ccc(OCc2cccc(C=Cc3ccc4ccc(Cl)cc4n3)c2)cc1. The fourth-order valence-corrected chi connectivity index (χ4v) is 4.57. The van der Waals surface area contributed by atoms with Crippen molar-refractivity contribution in [2.75, 3.05) is 0 Å². The molecule has 0 saturated carbocycles. The molecule has 3 aromatic carbocycles. The molecule has 0 fully saturated rings. The van der Waals surface area contributed by atoms with Crippen LogP contribution in [-0.2, 0) is 6.61 Å². The monoisotopic (exact) mass is 502 g/mol. The summed E-state index contributed by atoms with van der Waals surface area (Å²) in [6.07, 6.45) is 7.64. The van der Waals surface area contributed by atoms with Crippen molar-refractivity contribution in [3.05, 3.63) is 125 Å². The predicted octanol–water partition coefficient (Wildman–Crippen LogP) is 7.68. The van der Waals surface area contributed by atoms with E-state index >= 15 is 0 Å². The van der Waals surface area contributed by atoms with Gasteiger partial charge in [-0.25, -0.2) is 9.97 Å². The Hall–Kier alpha value is -4.48. The zero-order valence-electron chi connectivity index (χ0n) is 20.2. The Balaban J connectivity index is 1.14. The predicted molar refractivity (Wildman–Crippen MR) is 150 cm³/mol. The number of pyridine rings is 2. The van der Waals surface area contributed by atoms with E-state index in [0.717, 1.165) is 56.0 Å². The van der Waals surface area contributed by atoms with Gasteiger partial charge in [0.1, 0.15) is 23.7 Å². The number of hydrogen-bond donors (Lipinski definition) is 0. The molecule has 0 unspecified atom stereocenters. The highest BCUT2D eigenvalue weighted by Crippen LogP contribution is 2.23. The first-order valence-corrected chi connectivity index (χ1v) is 12.4. The number of ether oxygens (including phenoxy) is 1. The fourth-order valence-electron chi connectivity index (χ4n) is 4.40. The van der Waals surface area contributed by atoms with Gasteiger partial charge in [-0.1, -0.05) is 48.0 Å². The van der Waals surface area contributed by atoms with Crippen molar-refractivity contribution < 1.29 is 4.74 Å². The highest BCUT2D eigenvalue weighted by atomic mass is 35.5. The smallest absolute Gasteiger partial charge is 0.119 e. The van der Waals surface area contributed by atoms with Crippen LogP contribution in [0.4, 0.5) is 0 Å². The summed E-state index contributed by atoms with van der Waals surface area (Å²) in [6, 6.07) is 28.2. The largest absolute Gasteiger partial charge is 0.489 e. The quantitative estimate of drug-likeness (QED) is 0.234. The van der Waals surface area contributed by atoms with Crippen LogP contribution in [-0.4, -0.2) is 19.5 Å². The summed E-state index contributed by atoms with van der Waals surface area (Å²) in [7, 11) is 0. The third-order valence-corrected chi connectivity index (χ3v) is 6.43. The van der Waals surface area contributed by atoms with Gasteiger partial charge < -0.3 is 4.74 Å². The molecule has 0 bridgehead atoms. The minimum atomic E-state index is 0.479. The van der Waals surface area contributed by atoms with Crippen LogP contribution in [0.2, 0.25) is 5.02 Å². The number of rotatable bonds is 6. The van der Waals surface area contributed by atoms with Crippen molar-refractivity contribution in [2.45, 2.75) is 13.5 Å². The van der Waals surface area contributed by atoms with Gasteiger partial charge in [0, 0.05) is 22.3 Å². The molecule has 0 saturated heterocycles. The molecule has 3 aromatic heterocycles. The molecule has 0 aliphatic rings. The van der Waals surface area contributed by atoms with Crippen LogP contribution in [0.25, 0.3) is 39.8 Å². The standard InChI is InChI=1S/C31H23ClN4O/c1-21-34-30-19-33-16-15-31(30)36(21)27-11-13-28(14-12-27)37-20-23-4-2-3-22(17-23)5-9-26-10-7-24-6-8-25(32)18-29(24)35-26/h2-19H,20H2,1H3. The van der Waals surface area contributed by atoms with E-state index in [2.05, 4.69) is 44.9 Å². The van der Waals surface area contributed by atoms with Gasteiger partial charge in [0.2, 0.25) is 0 Å². The Morgan fingerprint density at radius 1 is 0.865 bits per heavy atom. The van der Waals surface area contributed by atoms with E-state index in [1.807, 2.05) is 73.7 Å². The number of fused-ring (bicyclic) bond motifs is 2. The van der Waals surface area contributed by atoms with E-state index < -0.39 is 0 Å². The Kier molecular flexibility index (Phi) is 6.13. The van der Waals surface area contributed by atoms with Crippen LogP contribution < -0.4 is 4.74 Å². The van der Waals surface area contributed by atoms with Crippen molar-refractivity contribution >= 4 is 45.7 Å². The molecular formula is C31H23ClN4O. The number of halogens is 1. The molecule has 0 aliphatic heterocycles. The molecule has 0 spiro atoms. The van der Waals surface area contributed by atoms with Gasteiger partial charge in [-0.3, -0.25) is 9.55 Å². The lowest BCUT2D eigenvalue weighted by Crippen LogP contribution is -1.98. The first-order chi connectivity index (χ1) is 18.1. The zero-order chi connectivity index (χ0) is 25.2. The molecule has 3 heterocycles. The summed E-state index contributed by atoms with van der Waals surface area (Å²) < 4.78 is 8.20. The molecule has 0 aliphatic carbocycles. The summed E-state index contributed by atoms with van der Waals surface area (Å²) in [5, 5.41) is 1.76. The zero-order valence-corrected chi connectivity index (χ0v) is 20.9. The normalized spacial score (nSPS) is 11.5. The summed E-state index contributed by atoms with van der Waals surface area (Å²) in [4.78, 5) is 13.5. The molecule has 0 amide bonds. The van der Waals surface area contributed by atoms with Gasteiger partial charge in [0.25, 0.3) is 0 Å². The van der Waals surface area contributed by atoms with Gasteiger partial charge in [-0.15, -0.1) is 0 Å². The van der Waals surface area contributed by atoms with Crippen molar-refractivity contribution in [1.82, 2.24) is 19.5 Å². The maximum absolute atomic E-state index is 6.12. The van der Waals surface area contributed by atoms with Crippen LogP contribution in [0.3, 0.4) is 0 Å². The van der Waals surface area contributed by atoms with E-state index in [1.54, 1.807) is 12.4 Å². The molecule has 180 valence electrons. The number of aromatic nitrogens is 4. The summed E-state index contributed by atoms with van der Waals surface area (Å²) >= 11 is 6.12. The van der Waals surface area contributed by atoms with E-state index in [1.165, 1.54) is 0 Å².